The summed E-state index contributed by atoms with van der Waals surface area (Å²) in [7, 11) is 1.45. The van der Waals surface area contributed by atoms with Gasteiger partial charge in [-0.15, -0.1) is 11.3 Å². The number of pyridine rings is 1. The zero-order valence-corrected chi connectivity index (χ0v) is 11.4. The molecular weight excluding hydrogens is 292 g/mol. The van der Waals surface area contributed by atoms with E-state index in [2.05, 4.69) is 15.3 Å². The number of hydrogen-bond donors (Lipinski definition) is 1. The number of aromatic nitrogens is 2. The van der Waals surface area contributed by atoms with Gasteiger partial charge in [0.25, 0.3) is 0 Å². The molecule has 0 fully saturated rings. The van der Waals surface area contributed by atoms with Gasteiger partial charge in [-0.3, -0.25) is 10.1 Å². The Hall–Kier alpha value is -1.93. The molecule has 19 heavy (non-hydrogen) atoms. The van der Waals surface area contributed by atoms with Crippen LogP contribution in [0.15, 0.2) is 18.3 Å². The highest BCUT2D eigenvalue weighted by atomic mass is 35.5. The highest BCUT2D eigenvalue weighted by Gasteiger charge is 2.16. The predicted octanol–water partition coefficient (Wildman–Crippen LogP) is 2.72. The molecule has 0 amide bonds. The fourth-order valence-corrected chi connectivity index (χ4v) is 2.28. The van der Waals surface area contributed by atoms with E-state index in [1.807, 2.05) is 0 Å². The zero-order chi connectivity index (χ0) is 13.8. The number of nitro groups is 1. The van der Waals surface area contributed by atoms with Crippen LogP contribution >= 0.6 is 22.9 Å². The van der Waals surface area contributed by atoms with Gasteiger partial charge in [-0.1, -0.05) is 11.6 Å². The van der Waals surface area contributed by atoms with Crippen molar-refractivity contribution >= 4 is 34.4 Å². The normalized spacial score (nSPS) is 10.2. The van der Waals surface area contributed by atoms with Crippen LogP contribution in [0.1, 0.15) is 4.88 Å². The van der Waals surface area contributed by atoms with Crippen molar-refractivity contribution in [1.29, 1.82) is 0 Å². The molecule has 2 aromatic heterocycles. The summed E-state index contributed by atoms with van der Waals surface area (Å²) in [4.78, 5) is 19.1. The first-order chi connectivity index (χ1) is 9.10. The van der Waals surface area contributed by atoms with Crippen molar-refractivity contribution in [1.82, 2.24) is 9.97 Å². The number of nitrogens with one attached hydrogen (secondary N) is 1. The van der Waals surface area contributed by atoms with E-state index in [0.29, 0.717) is 16.9 Å². The Morgan fingerprint density at radius 3 is 2.95 bits per heavy atom. The van der Waals surface area contributed by atoms with Crippen molar-refractivity contribution in [3.8, 4) is 5.88 Å². The third-order valence-corrected chi connectivity index (χ3v) is 3.32. The van der Waals surface area contributed by atoms with Crippen LogP contribution in [0.5, 0.6) is 5.88 Å². The van der Waals surface area contributed by atoms with Gasteiger partial charge in [0.05, 0.1) is 18.6 Å². The van der Waals surface area contributed by atoms with Crippen LogP contribution < -0.4 is 10.1 Å². The molecule has 2 heterocycles. The van der Waals surface area contributed by atoms with Crippen LogP contribution in [0, 0.1) is 10.1 Å². The second-order valence-corrected chi connectivity index (χ2v) is 5.11. The van der Waals surface area contributed by atoms with Crippen molar-refractivity contribution < 1.29 is 9.66 Å². The number of methoxy groups -OCH3 is 1. The predicted molar refractivity (Wildman–Crippen MR) is 71.9 cm³/mol. The summed E-state index contributed by atoms with van der Waals surface area (Å²) in [5, 5.41) is 13.8. The number of anilines is 1. The Labute approximate surface area is 117 Å². The Balaban J connectivity index is 2.19. The molecule has 0 atom stereocenters. The molecule has 1 N–H and O–H groups in total. The SMILES string of the molecule is COc1ccc([N+](=O)[O-])c(NCc2cnc(Cl)s2)n1. The molecule has 7 nitrogen and oxygen atoms in total. The molecule has 0 bridgehead atoms. The van der Waals surface area contributed by atoms with Crippen LogP contribution in [0.4, 0.5) is 11.5 Å². The second-order valence-electron chi connectivity index (χ2n) is 3.41. The van der Waals surface area contributed by atoms with Gasteiger partial charge in [-0.25, -0.2) is 4.98 Å². The molecule has 0 radical (unpaired) electrons. The van der Waals surface area contributed by atoms with E-state index >= 15 is 0 Å². The minimum atomic E-state index is -0.506. The lowest BCUT2D eigenvalue weighted by molar-refractivity contribution is -0.384. The number of thiazole rings is 1. The fourth-order valence-electron chi connectivity index (χ4n) is 1.36. The maximum absolute atomic E-state index is 10.9. The molecule has 0 saturated carbocycles. The van der Waals surface area contributed by atoms with Gasteiger partial charge in [-0.2, -0.15) is 4.98 Å². The lowest BCUT2D eigenvalue weighted by Gasteiger charge is -2.06. The minimum Gasteiger partial charge on any atom is -0.481 e. The lowest BCUT2D eigenvalue weighted by Crippen LogP contribution is -2.04. The maximum atomic E-state index is 10.9. The summed E-state index contributed by atoms with van der Waals surface area (Å²) in [5.41, 5.74) is -0.114. The molecule has 0 spiro atoms. The first kappa shape index (κ1) is 13.5. The number of ether oxygens (including phenoxy) is 1. The van der Waals surface area contributed by atoms with Crippen molar-refractivity contribution in [2.24, 2.45) is 0 Å². The number of hydrogen-bond acceptors (Lipinski definition) is 7. The van der Waals surface area contributed by atoms with E-state index in [1.54, 1.807) is 6.20 Å². The summed E-state index contributed by atoms with van der Waals surface area (Å²) in [5.74, 6) is 0.448. The maximum Gasteiger partial charge on any atom is 0.311 e. The number of halogens is 1. The highest BCUT2D eigenvalue weighted by molar-refractivity contribution is 7.15. The summed E-state index contributed by atoms with van der Waals surface area (Å²) < 4.78 is 5.36. The molecule has 0 aliphatic carbocycles. The van der Waals surface area contributed by atoms with E-state index in [1.165, 1.54) is 30.6 Å². The molecule has 0 aromatic carbocycles. The summed E-state index contributed by atoms with van der Waals surface area (Å²) >= 11 is 7.00. The van der Waals surface area contributed by atoms with E-state index in [4.69, 9.17) is 16.3 Å². The van der Waals surface area contributed by atoms with Crippen LogP contribution in [0.3, 0.4) is 0 Å². The van der Waals surface area contributed by atoms with E-state index < -0.39 is 4.92 Å². The molecule has 0 unspecified atom stereocenters. The molecule has 0 aliphatic rings. The third-order valence-electron chi connectivity index (χ3n) is 2.21. The quantitative estimate of drug-likeness (QED) is 0.674. The molecule has 2 rings (SSSR count). The standard InChI is InChI=1S/C10H9ClN4O3S/c1-18-8-3-2-7(15(16)17)9(14-8)12-4-6-5-13-10(11)19-6/h2-3,5H,4H2,1H3,(H,12,14). The van der Waals surface area contributed by atoms with E-state index in [-0.39, 0.29) is 11.5 Å². The van der Waals surface area contributed by atoms with Crippen LogP contribution in [0.25, 0.3) is 0 Å². The fraction of sp³-hybridized carbons (Fsp3) is 0.200. The average molecular weight is 301 g/mol. The monoisotopic (exact) mass is 300 g/mol. The Kier molecular flexibility index (Phi) is 4.13. The Morgan fingerprint density at radius 1 is 1.58 bits per heavy atom. The molecule has 100 valence electrons. The number of nitrogens with zero attached hydrogens (tertiary/aromatic N) is 3. The number of rotatable bonds is 5. The largest absolute Gasteiger partial charge is 0.481 e. The smallest absolute Gasteiger partial charge is 0.311 e. The minimum absolute atomic E-state index is 0.114. The van der Waals surface area contributed by atoms with E-state index in [9.17, 15) is 10.1 Å². The van der Waals surface area contributed by atoms with Crippen LogP contribution in [-0.2, 0) is 6.54 Å². The van der Waals surface area contributed by atoms with Gasteiger partial charge in [-0.05, 0) is 0 Å². The van der Waals surface area contributed by atoms with Gasteiger partial charge < -0.3 is 10.1 Å². The van der Waals surface area contributed by atoms with Gasteiger partial charge >= 0.3 is 5.69 Å². The molecule has 0 saturated heterocycles. The van der Waals surface area contributed by atoms with Crippen molar-refractivity contribution in [3.05, 3.63) is 37.8 Å². The van der Waals surface area contributed by atoms with Gasteiger partial charge in [0.15, 0.2) is 4.47 Å². The topological polar surface area (TPSA) is 90.2 Å². The molecular formula is C10H9ClN4O3S. The summed E-state index contributed by atoms with van der Waals surface area (Å²) in [6.07, 6.45) is 1.60. The van der Waals surface area contributed by atoms with Crippen molar-refractivity contribution in [2.45, 2.75) is 6.54 Å². The Bertz CT molecular complexity index is 604. The average Bonchev–Trinajstić information content (AvgIpc) is 2.81. The summed E-state index contributed by atoms with van der Waals surface area (Å²) in [6, 6.07) is 2.78. The van der Waals surface area contributed by atoms with Crippen molar-refractivity contribution in [2.75, 3.05) is 12.4 Å². The van der Waals surface area contributed by atoms with Crippen molar-refractivity contribution in [3.63, 3.8) is 0 Å². The lowest BCUT2D eigenvalue weighted by atomic mass is 10.3. The summed E-state index contributed by atoms with van der Waals surface area (Å²) in [6.45, 7) is 0.353. The second kappa shape index (κ2) is 5.81. The Morgan fingerprint density at radius 2 is 2.37 bits per heavy atom. The first-order valence-corrected chi connectivity index (χ1v) is 6.33. The van der Waals surface area contributed by atoms with Gasteiger partial charge in [0, 0.05) is 23.2 Å². The van der Waals surface area contributed by atoms with Crippen LogP contribution in [0.2, 0.25) is 4.47 Å². The third kappa shape index (κ3) is 3.30. The zero-order valence-electron chi connectivity index (χ0n) is 9.79. The van der Waals surface area contributed by atoms with Gasteiger partial charge in [0.1, 0.15) is 0 Å². The molecule has 9 heteroatoms. The highest BCUT2D eigenvalue weighted by Crippen LogP contribution is 2.26. The van der Waals surface area contributed by atoms with Crippen LogP contribution in [-0.4, -0.2) is 22.0 Å². The molecule has 2 aromatic rings. The van der Waals surface area contributed by atoms with E-state index in [0.717, 1.165) is 4.88 Å². The molecule has 0 aliphatic heterocycles. The first-order valence-electron chi connectivity index (χ1n) is 5.13. The van der Waals surface area contributed by atoms with Gasteiger partial charge in [0.2, 0.25) is 11.7 Å².